The summed E-state index contributed by atoms with van der Waals surface area (Å²) in [6.07, 6.45) is 0. The molecule has 6 heteroatoms. The lowest BCUT2D eigenvalue weighted by atomic mass is 10.1. The van der Waals surface area contributed by atoms with Crippen LogP contribution in [-0.4, -0.2) is 15.8 Å². The Bertz CT molecular complexity index is 994. The number of halogens is 1. The summed E-state index contributed by atoms with van der Waals surface area (Å²) in [5.41, 5.74) is 5.16. The quantitative estimate of drug-likeness (QED) is 0.552. The molecule has 1 aromatic heterocycles. The Hall–Kier alpha value is -2.92. The minimum Gasteiger partial charge on any atom is -0.339 e. The SMILES string of the molecule is CC(=O)c1cccc(Nc2nc(C)cc(Nc3c(C)cc(C)cc3Cl)n2)c1. The van der Waals surface area contributed by atoms with Crippen molar-refractivity contribution in [1.29, 1.82) is 0 Å². The molecule has 2 N–H and O–H groups in total. The van der Waals surface area contributed by atoms with E-state index >= 15 is 0 Å². The number of nitrogens with one attached hydrogen (secondary N) is 2. The summed E-state index contributed by atoms with van der Waals surface area (Å²) in [6.45, 7) is 7.45. The maximum atomic E-state index is 11.6. The van der Waals surface area contributed by atoms with E-state index in [-0.39, 0.29) is 5.78 Å². The van der Waals surface area contributed by atoms with Gasteiger partial charge in [-0.2, -0.15) is 4.98 Å². The lowest BCUT2D eigenvalue weighted by Gasteiger charge is -2.14. The standard InChI is InChI=1S/C21H21ClN4O/c1-12-8-13(2)20(18(22)9-12)25-19-10-14(3)23-21(26-19)24-17-7-5-6-16(11-17)15(4)27/h5-11H,1-4H3,(H2,23,24,25,26). The third kappa shape index (κ3) is 4.63. The molecule has 3 aromatic rings. The first-order valence-corrected chi connectivity index (χ1v) is 8.97. The average molecular weight is 381 g/mol. The maximum Gasteiger partial charge on any atom is 0.229 e. The number of aromatic nitrogens is 2. The lowest BCUT2D eigenvalue weighted by molar-refractivity contribution is 0.101. The predicted molar refractivity (Wildman–Crippen MR) is 111 cm³/mol. The molecule has 0 aliphatic carbocycles. The Balaban J connectivity index is 1.89. The Morgan fingerprint density at radius 3 is 2.48 bits per heavy atom. The summed E-state index contributed by atoms with van der Waals surface area (Å²) >= 11 is 6.39. The number of ketones is 1. The van der Waals surface area contributed by atoms with E-state index < -0.39 is 0 Å². The number of Topliss-reactive ketones (excluding diaryl/α,β-unsaturated/α-hetero) is 1. The summed E-state index contributed by atoms with van der Waals surface area (Å²) in [6, 6.07) is 13.1. The fraction of sp³-hybridized carbons (Fsp3) is 0.190. The van der Waals surface area contributed by atoms with Gasteiger partial charge < -0.3 is 10.6 Å². The molecule has 2 aromatic carbocycles. The molecule has 3 rings (SSSR count). The molecular formula is C21H21ClN4O. The zero-order valence-electron chi connectivity index (χ0n) is 15.7. The molecule has 0 unspecified atom stereocenters. The molecule has 27 heavy (non-hydrogen) atoms. The Labute approximate surface area is 163 Å². The molecule has 0 radical (unpaired) electrons. The van der Waals surface area contributed by atoms with Crippen molar-refractivity contribution in [1.82, 2.24) is 9.97 Å². The highest BCUT2D eigenvalue weighted by Crippen LogP contribution is 2.30. The number of rotatable bonds is 5. The van der Waals surface area contributed by atoms with Gasteiger partial charge in [-0.1, -0.05) is 29.8 Å². The number of carbonyl (C=O) groups excluding carboxylic acids is 1. The molecule has 0 bridgehead atoms. The number of benzene rings is 2. The summed E-state index contributed by atoms with van der Waals surface area (Å²) < 4.78 is 0. The smallest absolute Gasteiger partial charge is 0.229 e. The van der Waals surface area contributed by atoms with E-state index in [0.29, 0.717) is 22.4 Å². The number of nitrogens with zero attached hydrogens (tertiary/aromatic N) is 2. The van der Waals surface area contributed by atoms with Crippen molar-refractivity contribution in [3.8, 4) is 0 Å². The van der Waals surface area contributed by atoms with E-state index in [9.17, 15) is 4.79 Å². The van der Waals surface area contributed by atoms with Gasteiger partial charge in [0.05, 0.1) is 10.7 Å². The van der Waals surface area contributed by atoms with E-state index in [1.165, 1.54) is 6.92 Å². The van der Waals surface area contributed by atoms with Crippen molar-refractivity contribution in [2.45, 2.75) is 27.7 Å². The number of carbonyl (C=O) groups is 1. The average Bonchev–Trinajstić information content (AvgIpc) is 2.58. The number of anilines is 4. The molecule has 5 nitrogen and oxygen atoms in total. The molecule has 0 spiro atoms. The van der Waals surface area contributed by atoms with Gasteiger partial charge in [0.1, 0.15) is 5.82 Å². The van der Waals surface area contributed by atoms with Crippen molar-refractivity contribution in [2.24, 2.45) is 0 Å². The van der Waals surface area contributed by atoms with Gasteiger partial charge in [0, 0.05) is 23.0 Å². The lowest BCUT2D eigenvalue weighted by Crippen LogP contribution is -2.04. The van der Waals surface area contributed by atoms with E-state index in [2.05, 4.69) is 26.7 Å². The van der Waals surface area contributed by atoms with E-state index in [1.54, 1.807) is 12.1 Å². The van der Waals surface area contributed by atoms with E-state index in [0.717, 1.165) is 28.2 Å². The molecule has 0 aliphatic heterocycles. The Morgan fingerprint density at radius 1 is 1.00 bits per heavy atom. The molecule has 0 fully saturated rings. The highest BCUT2D eigenvalue weighted by atomic mass is 35.5. The molecule has 0 saturated carbocycles. The minimum absolute atomic E-state index is 0.00987. The van der Waals surface area contributed by atoms with Crippen LogP contribution >= 0.6 is 11.6 Å². The van der Waals surface area contributed by atoms with E-state index in [4.69, 9.17) is 11.6 Å². The van der Waals surface area contributed by atoms with Crippen molar-refractivity contribution in [3.63, 3.8) is 0 Å². The summed E-state index contributed by atoms with van der Waals surface area (Å²) in [5, 5.41) is 7.09. The molecule has 0 atom stereocenters. The summed E-state index contributed by atoms with van der Waals surface area (Å²) in [5.74, 6) is 1.09. The third-order valence-electron chi connectivity index (χ3n) is 4.06. The zero-order chi connectivity index (χ0) is 19.6. The topological polar surface area (TPSA) is 66.9 Å². The second-order valence-corrected chi connectivity index (χ2v) is 6.95. The van der Waals surface area contributed by atoms with Gasteiger partial charge in [0.25, 0.3) is 0 Å². The first-order valence-electron chi connectivity index (χ1n) is 8.59. The van der Waals surface area contributed by atoms with Gasteiger partial charge in [0.2, 0.25) is 5.95 Å². The molecular weight excluding hydrogens is 360 g/mol. The van der Waals surface area contributed by atoms with Crippen molar-refractivity contribution < 1.29 is 4.79 Å². The van der Waals surface area contributed by atoms with Gasteiger partial charge in [0.15, 0.2) is 5.78 Å². The van der Waals surface area contributed by atoms with Crippen molar-refractivity contribution >= 4 is 40.5 Å². The summed E-state index contributed by atoms with van der Waals surface area (Å²) in [4.78, 5) is 20.5. The van der Waals surface area contributed by atoms with Crippen LogP contribution in [0.2, 0.25) is 5.02 Å². The van der Waals surface area contributed by atoms with Crippen LogP contribution in [0.1, 0.15) is 34.1 Å². The fourth-order valence-electron chi connectivity index (χ4n) is 2.84. The normalized spacial score (nSPS) is 10.6. The molecule has 0 saturated heterocycles. The van der Waals surface area contributed by atoms with Gasteiger partial charge in [-0.05, 0) is 57.0 Å². The number of hydrogen-bond acceptors (Lipinski definition) is 5. The van der Waals surface area contributed by atoms with Crippen LogP contribution in [0.25, 0.3) is 0 Å². The zero-order valence-corrected chi connectivity index (χ0v) is 16.5. The Kier molecular flexibility index (Phi) is 5.42. The highest BCUT2D eigenvalue weighted by Gasteiger charge is 2.09. The second kappa shape index (κ2) is 7.76. The molecule has 0 aliphatic rings. The van der Waals surface area contributed by atoms with Crippen LogP contribution in [0, 0.1) is 20.8 Å². The maximum absolute atomic E-state index is 11.6. The second-order valence-electron chi connectivity index (χ2n) is 6.54. The van der Waals surface area contributed by atoms with Crippen LogP contribution in [0.3, 0.4) is 0 Å². The van der Waals surface area contributed by atoms with Crippen LogP contribution in [0.4, 0.5) is 23.1 Å². The van der Waals surface area contributed by atoms with Crippen molar-refractivity contribution in [2.75, 3.05) is 10.6 Å². The van der Waals surface area contributed by atoms with Gasteiger partial charge >= 0.3 is 0 Å². The predicted octanol–water partition coefficient (Wildman–Crippen LogP) is 5.75. The van der Waals surface area contributed by atoms with Crippen LogP contribution in [0.15, 0.2) is 42.5 Å². The van der Waals surface area contributed by atoms with E-state index in [1.807, 2.05) is 45.0 Å². The van der Waals surface area contributed by atoms with Crippen molar-refractivity contribution in [3.05, 3.63) is 69.9 Å². The van der Waals surface area contributed by atoms with Gasteiger partial charge in [-0.15, -0.1) is 0 Å². The van der Waals surface area contributed by atoms with Crippen LogP contribution < -0.4 is 10.6 Å². The fourth-order valence-corrected chi connectivity index (χ4v) is 3.20. The largest absolute Gasteiger partial charge is 0.339 e. The van der Waals surface area contributed by atoms with Gasteiger partial charge in [-0.25, -0.2) is 4.98 Å². The van der Waals surface area contributed by atoms with Crippen LogP contribution in [0.5, 0.6) is 0 Å². The third-order valence-corrected chi connectivity index (χ3v) is 4.36. The molecule has 138 valence electrons. The Morgan fingerprint density at radius 2 is 1.78 bits per heavy atom. The number of hydrogen-bond donors (Lipinski definition) is 2. The monoisotopic (exact) mass is 380 g/mol. The first kappa shape index (κ1) is 18.9. The molecule has 1 heterocycles. The minimum atomic E-state index is 0.00987. The highest BCUT2D eigenvalue weighted by molar-refractivity contribution is 6.33. The number of aryl methyl sites for hydroxylation is 3. The molecule has 0 amide bonds. The summed E-state index contributed by atoms with van der Waals surface area (Å²) in [7, 11) is 0. The first-order chi connectivity index (χ1) is 12.8. The van der Waals surface area contributed by atoms with Gasteiger partial charge in [-0.3, -0.25) is 4.79 Å². The van der Waals surface area contributed by atoms with Crippen LogP contribution in [-0.2, 0) is 0 Å².